The van der Waals surface area contributed by atoms with E-state index in [0.717, 1.165) is 47.2 Å². The van der Waals surface area contributed by atoms with E-state index in [2.05, 4.69) is 46.9 Å². The number of aromatic amines is 1. The first-order valence-electron chi connectivity index (χ1n) is 11.9. The van der Waals surface area contributed by atoms with Gasteiger partial charge in [-0.1, -0.05) is 93.3 Å². The third kappa shape index (κ3) is 6.76. The number of benzene rings is 1. The Kier molecular flexibility index (Phi) is 9.31. The molecule has 3 rings (SSSR count). The van der Waals surface area contributed by atoms with E-state index in [1.807, 2.05) is 16.8 Å². The average Bonchev–Trinajstić information content (AvgIpc) is 3.10. The summed E-state index contributed by atoms with van der Waals surface area (Å²) in [7, 11) is 0. The van der Waals surface area contributed by atoms with Gasteiger partial charge in [-0.2, -0.15) is 5.10 Å². The number of nitrogens with zero attached hydrogens (tertiary/aromatic N) is 3. The van der Waals surface area contributed by atoms with Gasteiger partial charge in [-0.05, 0) is 30.5 Å². The standard InChI is InChI=1S/C25H35BrN4O/c1-3-5-6-7-8-9-10-11-17-30-24-23(21(29-30)12-4-2)25(31)28-22(27-24)18-19-13-15-20(26)16-14-19/h13-16H,3-12,17-18H2,1-2H3,(H,27,28,31). The molecule has 0 aliphatic carbocycles. The molecule has 168 valence electrons. The molecule has 3 aromatic rings. The summed E-state index contributed by atoms with van der Waals surface area (Å²) in [5.74, 6) is 0.694. The summed E-state index contributed by atoms with van der Waals surface area (Å²) >= 11 is 3.47. The second-order valence-electron chi connectivity index (χ2n) is 8.41. The van der Waals surface area contributed by atoms with Crippen molar-refractivity contribution in [1.29, 1.82) is 0 Å². The maximum Gasteiger partial charge on any atom is 0.262 e. The first kappa shape index (κ1) is 23.7. The molecule has 0 amide bonds. The van der Waals surface area contributed by atoms with Crippen molar-refractivity contribution in [3.8, 4) is 0 Å². The van der Waals surface area contributed by atoms with Gasteiger partial charge in [-0.25, -0.2) is 9.67 Å². The second-order valence-corrected chi connectivity index (χ2v) is 9.32. The fourth-order valence-electron chi connectivity index (χ4n) is 4.04. The minimum atomic E-state index is -0.0669. The quantitative estimate of drug-likeness (QED) is 0.278. The summed E-state index contributed by atoms with van der Waals surface area (Å²) in [5, 5.41) is 5.45. The topological polar surface area (TPSA) is 63.6 Å². The Hall–Kier alpha value is -1.95. The minimum absolute atomic E-state index is 0.0669. The van der Waals surface area contributed by atoms with Gasteiger partial charge in [0.2, 0.25) is 0 Å². The summed E-state index contributed by atoms with van der Waals surface area (Å²) in [6, 6.07) is 8.12. The average molecular weight is 487 g/mol. The third-order valence-corrected chi connectivity index (χ3v) is 6.25. The third-order valence-electron chi connectivity index (χ3n) is 5.72. The summed E-state index contributed by atoms with van der Waals surface area (Å²) in [6.07, 6.45) is 12.6. The fraction of sp³-hybridized carbons (Fsp3) is 0.560. The van der Waals surface area contributed by atoms with Gasteiger partial charge in [-0.15, -0.1) is 0 Å². The molecule has 0 fully saturated rings. The summed E-state index contributed by atoms with van der Waals surface area (Å²) in [5.41, 5.74) is 2.67. The number of aryl methyl sites for hydroxylation is 2. The Labute approximate surface area is 193 Å². The molecule has 2 heterocycles. The van der Waals surface area contributed by atoms with Crippen molar-refractivity contribution in [2.45, 2.75) is 91.0 Å². The Bertz CT molecular complexity index is 1010. The zero-order valence-electron chi connectivity index (χ0n) is 18.9. The fourth-order valence-corrected chi connectivity index (χ4v) is 4.30. The highest BCUT2D eigenvalue weighted by molar-refractivity contribution is 9.10. The smallest absolute Gasteiger partial charge is 0.262 e. The van der Waals surface area contributed by atoms with Gasteiger partial charge in [0.15, 0.2) is 5.65 Å². The number of halogens is 1. The number of nitrogens with one attached hydrogen (secondary N) is 1. The largest absolute Gasteiger partial charge is 0.310 e. The van der Waals surface area contributed by atoms with Crippen LogP contribution in [0.15, 0.2) is 33.5 Å². The van der Waals surface area contributed by atoms with Crippen LogP contribution in [0.3, 0.4) is 0 Å². The van der Waals surface area contributed by atoms with E-state index in [4.69, 9.17) is 10.1 Å². The van der Waals surface area contributed by atoms with Crippen LogP contribution in [0.25, 0.3) is 11.0 Å². The monoisotopic (exact) mass is 486 g/mol. The summed E-state index contributed by atoms with van der Waals surface area (Å²) < 4.78 is 3.01. The van der Waals surface area contributed by atoms with Crippen molar-refractivity contribution in [3.05, 3.63) is 56.2 Å². The number of unbranched alkanes of at least 4 members (excludes halogenated alkanes) is 7. The van der Waals surface area contributed by atoms with Crippen molar-refractivity contribution in [2.24, 2.45) is 0 Å². The molecule has 0 aliphatic heterocycles. The Balaban J connectivity index is 1.72. The van der Waals surface area contributed by atoms with Crippen LogP contribution in [0, 0.1) is 0 Å². The van der Waals surface area contributed by atoms with Crippen LogP contribution in [-0.4, -0.2) is 19.7 Å². The Morgan fingerprint density at radius 3 is 2.29 bits per heavy atom. The SMILES string of the molecule is CCCCCCCCCCn1nc(CCC)c2c(=O)[nH]c(Cc3ccc(Br)cc3)nc21. The molecular formula is C25H35BrN4O. The number of rotatable bonds is 13. The van der Waals surface area contributed by atoms with Gasteiger partial charge in [0.1, 0.15) is 11.2 Å². The highest BCUT2D eigenvalue weighted by Gasteiger charge is 2.16. The number of fused-ring (bicyclic) bond motifs is 1. The van der Waals surface area contributed by atoms with Crippen LogP contribution in [0.1, 0.15) is 88.7 Å². The van der Waals surface area contributed by atoms with E-state index < -0.39 is 0 Å². The molecule has 0 spiro atoms. The van der Waals surface area contributed by atoms with E-state index in [0.29, 0.717) is 17.6 Å². The highest BCUT2D eigenvalue weighted by atomic mass is 79.9. The molecule has 2 aromatic heterocycles. The summed E-state index contributed by atoms with van der Waals surface area (Å²) in [6.45, 7) is 5.20. The Morgan fingerprint density at radius 1 is 0.935 bits per heavy atom. The molecule has 0 atom stereocenters. The number of hydrogen-bond acceptors (Lipinski definition) is 3. The molecular weight excluding hydrogens is 452 g/mol. The minimum Gasteiger partial charge on any atom is -0.310 e. The molecule has 0 saturated heterocycles. The van der Waals surface area contributed by atoms with Gasteiger partial charge < -0.3 is 4.98 Å². The van der Waals surface area contributed by atoms with E-state index in [1.165, 1.54) is 44.9 Å². The molecule has 0 saturated carbocycles. The molecule has 0 unspecified atom stereocenters. The van der Waals surface area contributed by atoms with Crippen LogP contribution >= 0.6 is 15.9 Å². The normalized spacial score (nSPS) is 11.5. The predicted octanol–water partition coefficient (Wildman–Crippen LogP) is 6.57. The molecule has 31 heavy (non-hydrogen) atoms. The van der Waals surface area contributed by atoms with Crippen LogP contribution < -0.4 is 5.56 Å². The van der Waals surface area contributed by atoms with Gasteiger partial charge in [0.05, 0.1) is 5.69 Å². The molecule has 6 heteroatoms. The van der Waals surface area contributed by atoms with Crippen molar-refractivity contribution in [2.75, 3.05) is 0 Å². The molecule has 0 aliphatic rings. The number of H-pyrrole nitrogens is 1. The lowest BCUT2D eigenvalue weighted by Crippen LogP contribution is -2.14. The van der Waals surface area contributed by atoms with E-state index in [-0.39, 0.29) is 5.56 Å². The van der Waals surface area contributed by atoms with Crippen LogP contribution in [0.4, 0.5) is 0 Å². The summed E-state index contributed by atoms with van der Waals surface area (Å²) in [4.78, 5) is 20.7. The highest BCUT2D eigenvalue weighted by Crippen LogP contribution is 2.18. The zero-order valence-corrected chi connectivity index (χ0v) is 20.5. The number of aromatic nitrogens is 4. The van der Waals surface area contributed by atoms with Crippen LogP contribution in [0.2, 0.25) is 0 Å². The van der Waals surface area contributed by atoms with Gasteiger partial charge >= 0.3 is 0 Å². The lowest BCUT2D eigenvalue weighted by Gasteiger charge is -2.06. The van der Waals surface area contributed by atoms with E-state index >= 15 is 0 Å². The second kappa shape index (κ2) is 12.2. The zero-order chi connectivity index (χ0) is 22.1. The molecule has 0 radical (unpaired) electrons. The molecule has 5 nitrogen and oxygen atoms in total. The van der Waals surface area contributed by atoms with Gasteiger partial charge in [-0.3, -0.25) is 4.79 Å². The van der Waals surface area contributed by atoms with E-state index in [9.17, 15) is 4.79 Å². The lowest BCUT2D eigenvalue weighted by atomic mass is 10.1. The maximum atomic E-state index is 12.9. The first-order valence-corrected chi connectivity index (χ1v) is 12.6. The Morgan fingerprint density at radius 2 is 1.61 bits per heavy atom. The van der Waals surface area contributed by atoms with Crippen LogP contribution in [0.5, 0.6) is 0 Å². The van der Waals surface area contributed by atoms with Crippen molar-refractivity contribution < 1.29 is 0 Å². The van der Waals surface area contributed by atoms with Gasteiger partial charge in [0.25, 0.3) is 5.56 Å². The predicted molar refractivity (Wildman–Crippen MR) is 132 cm³/mol. The first-order chi connectivity index (χ1) is 15.1. The van der Waals surface area contributed by atoms with E-state index in [1.54, 1.807) is 0 Å². The van der Waals surface area contributed by atoms with Crippen LogP contribution in [-0.2, 0) is 19.4 Å². The van der Waals surface area contributed by atoms with Crippen molar-refractivity contribution in [3.63, 3.8) is 0 Å². The van der Waals surface area contributed by atoms with Gasteiger partial charge in [0, 0.05) is 17.4 Å². The molecule has 1 N–H and O–H groups in total. The number of hydrogen-bond donors (Lipinski definition) is 1. The molecule has 0 bridgehead atoms. The van der Waals surface area contributed by atoms with Crippen molar-refractivity contribution in [1.82, 2.24) is 19.7 Å². The molecule has 1 aromatic carbocycles. The lowest BCUT2D eigenvalue weighted by molar-refractivity contribution is 0.523. The maximum absolute atomic E-state index is 12.9. The van der Waals surface area contributed by atoms with Crippen molar-refractivity contribution >= 4 is 27.0 Å².